The lowest BCUT2D eigenvalue weighted by Crippen LogP contribution is -2.41. The van der Waals surface area contributed by atoms with Crippen molar-refractivity contribution < 1.29 is 28.3 Å². The Morgan fingerprint density at radius 1 is 1.00 bits per heavy atom. The predicted molar refractivity (Wildman–Crippen MR) is 102 cm³/mol. The Morgan fingerprint density at radius 3 is 2.45 bits per heavy atom. The van der Waals surface area contributed by atoms with E-state index < -0.39 is 11.8 Å². The van der Waals surface area contributed by atoms with Crippen LogP contribution in [0.25, 0.3) is 0 Å². The van der Waals surface area contributed by atoms with Gasteiger partial charge >= 0.3 is 5.91 Å². The molecule has 1 aromatic heterocycles. The number of rotatable bonds is 2. The lowest BCUT2D eigenvalue weighted by molar-refractivity contribution is 0.0826. The quantitative estimate of drug-likeness (QED) is 0.753. The maximum Gasteiger partial charge on any atom is 0.305 e. The van der Waals surface area contributed by atoms with Crippen LogP contribution in [0.2, 0.25) is 0 Å². The van der Waals surface area contributed by atoms with Gasteiger partial charge in [-0.15, -0.1) is 0 Å². The van der Waals surface area contributed by atoms with E-state index in [1.54, 1.807) is 25.1 Å². The molecule has 4 rings (SSSR count). The number of fused-ring (bicyclic) bond motifs is 2. The minimum atomic E-state index is -0.617. The van der Waals surface area contributed by atoms with Crippen molar-refractivity contribution in [1.82, 2.24) is 10.9 Å². The fourth-order valence-electron chi connectivity index (χ4n) is 3.73. The number of ketones is 1. The monoisotopic (exact) mass is 398 g/mol. The molecule has 0 saturated carbocycles. The van der Waals surface area contributed by atoms with E-state index in [1.165, 1.54) is 0 Å². The molecular formula is C21H22N2O6. The van der Waals surface area contributed by atoms with Gasteiger partial charge in [-0.3, -0.25) is 25.2 Å². The summed E-state index contributed by atoms with van der Waals surface area (Å²) in [5.41, 5.74) is 5.77. The van der Waals surface area contributed by atoms with Crippen LogP contribution in [0.3, 0.4) is 0 Å². The highest BCUT2D eigenvalue weighted by Crippen LogP contribution is 2.38. The molecule has 0 saturated heterocycles. The van der Waals surface area contributed by atoms with Crippen molar-refractivity contribution in [3.8, 4) is 11.5 Å². The molecule has 1 aromatic carbocycles. The third-order valence-corrected chi connectivity index (χ3v) is 5.08. The Balaban J connectivity index is 1.47. The highest BCUT2D eigenvalue weighted by Gasteiger charge is 2.37. The van der Waals surface area contributed by atoms with Gasteiger partial charge in [0.25, 0.3) is 5.91 Å². The molecule has 2 amide bonds. The lowest BCUT2D eigenvalue weighted by Gasteiger charge is -2.27. The lowest BCUT2D eigenvalue weighted by atomic mass is 9.76. The second-order valence-electron chi connectivity index (χ2n) is 8.06. The molecule has 0 spiro atoms. The predicted octanol–water partition coefficient (Wildman–Crippen LogP) is 2.59. The zero-order valence-corrected chi connectivity index (χ0v) is 16.5. The summed E-state index contributed by atoms with van der Waals surface area (Å²) >= 11 is 0. The molecule has 0 bridgehead atoms. The van der Waals surface area contributed by atoms with Gasteiger partial charge < -0.3 is 13.9 Å². The van der Waals surface area contributed by atoms with E-state index in [0.29, 0.717) is 60.0 Å². The summed E-state index contributed by atoms with van der Waals surface area (Å²) in [6.07, 6.45) is 0.980. The summed E-state index contributed by atoms with van der Waals surface area (Å²) in [6.45, 7) is 6.52. The number of nitrogens with one attached hydrogen (secondary N) is 2. The third-order valence-electron chi connectivity index (χ3n) is 5.08. The van der Waals surface area contributed by atoms with E-state index >= 15 is 0 Å². The van der Waals surface area contributed by atoms with Crippen LogP contribution in [0.5, 0.6) is 11.5 Å². The number of benzene rings is 1. The first-order valence-corrected chi connectivity index (χ1v) is 9.41. The van der Waals surface area contributed by atoms with Gasteiger partial charge in [0.2, 0.25) is 0 Å². The van der Waals surface area contributed by atoms with Gasteiger partial charge in [0.05, 0.1) is 5.56 Å². The second-order valence-corrected chi connectivity index (χ2v) is 8.06. The molecule has 2 aromatic rings. The van der Waals surface area contributed by atoms with Crippen molar-refractivity contribution in [3.05, 3.63) is 46.4 Å². The molecule has 2 heterocycles. The van der Waals surface area contributed by atoms with Crippen molar-refractivity contribution in [1.29, 1.82) is 0 Å². The van der Waals surface area contributed by atoms with Crippen LogP contribution in [0.4, 0.5) is 0 Å². The molecule has 0 fully saturated rings. The summed E-state index contributed by atoms with van der Waals surface area (Å²) in [7, 11) is 0. The molecular weight excluding hydrogens is 376 g/mol. The van der Waals surface area contributed by atoms with Gasteiger partial charge in [0, 0.05) is 24.0 Å². The zero-order valence-electron chi connectivity index (χ0n) is 16.5. The van der Waals surface area contributed by atoms with Gasteiger partial charge in [-0.1, -0.05) is 13.8 Å². The Labute approximate surface area is 167 Å². The van der Waals surface area contributed by atoms with Crippen molar-refractivity contribution in [2.45, 2.75) is 33.6 Å². The average molecular weight is 398 g/mol. The number of hydrogen-bond donors (Lipinski definition) is 2. The fraction of sp³-hybridized carbons (Fsp3) is 0.381. The number of carbonyl (C=O) groups is 3. The number of hydrazine groups is 1. The van der Waals surface area contributed by atoms with Crippen LogP contribution in [0.15, 0.2) is 22.6 Å². The van der Waals surface area contributed by atoms with Crippen LogP contribution >= 0.6 is 0 Å². The normalized spacial score (nSPS) is 16.7. The van der Waals surface area contributed by atoms with Gasteiger partial charge in [0.15, 0.2) is 23.0 Å². The van der Waals surface area contributed by atoms with Gasteiger partial charge in [0.1, 0.15) is 19.0 Å². The number of carbonyl (C=O) groups excluding carboxylic acids is 3. The summed E-state index contributed by atoms with van der Waals surface area (Å²) in [5.74, 6) is 0.439. The van der Waals surface area contributed by atoms with Crippen molar-refractivity contribution in [2.24, 2.45) is 5.41 Å². The number of amides is 2. The minimum absolute atomic E-state index is 0.0307. The summed E-state index contributed by atoms with van der Waals surface area (Å²) < 4.78 is 16.6. The Hall–Kier alpha value is -3.29. The molecule has 1 aliphatic heterocycles. The smallest absolute Gasteiger partial charge is 0.305 e. The van der Waals surface area contributed by atoms with Crippen LogP contribution < -0.4 is 20.3 Å². The molecule has 8 heteroatoms. The Morgan fingerprint density at radius 2 is 1.69 bits per heavy atom. The molecule has 0 atom stereocenters. The molecule has 1 aliphatic carbocycles. The number of hydrogen-bond acceptors (Lipinski definition) is 6. The highest BCUT2D eigenvalue weighted by molar-refractivity contribution is 6.04. The van der Waals surface area contributed by atoms with Crippen molar-refractivity contribution in [3.63, 3.8) is 0 Å². The number of ether oxygens (including phenoxy) is 2. The maximum absolute atomic E-state index is 12.5. The number of furan rings is 1. The first-order chi connectivity index (χ1) is 13.7. The largest absolute Gasteiger partial charge is 0.486 e. The van der Waals surface area contributed by atoms with E-state index in [4.69, 9.17) is 13.9 Å². The fourth-order valence-corrected chi connectivity index (χ4v) is 3.73. The number of Topliss-reactive ketones (excluding diaryl/α,β-unsaturated/α-hetero) is 1. The average Bonchev–Trinajstić information content (AvgIpc) is 3.00. The van der Waals surface area contributed by atoms with E-state index in [0.717, 1.165) is 0 Å². The summed E-state index contributed by atoms with van der Waals surface area (Å²) in [6, 6.07) is 4.77. The van der Waals surface area contributed by atoms with Crippen LogP contribution in [0, 0.1) is 12.3 Å². The molecule has 0 radical (unpaired) electrons. The van der Waals surface area contributed by atoms with E-state index in [2.05, 4.69) is 10.9 Å². The minimum Gasteiger partial charge on any atom is -0.486 e. The molecule has 152 valence electrons. The van der Waals surface area contributed by atoms with Gasteiger partial charge in [-0.2, -0.15) is 0 Å². The van der Waals surface area contributed by atoms with E-state index in [-0.39, 0.29) is 17.0 Å². The van der Waals surface area contributed by atoms with Crippen molar-refractivity contribution >= 4 is 17.6 Å². The molecule has 2 N–H and O–H groups in total. The van der Waals surface area contributed by atoms with Crippen LogP contribution in [-0.2, 0) is 6.42 Å². The van der Waals surface area contributed by atoms with Crippen molar-refractivity contribution in [2.75, 3.05) is 13.2 Å². The molecule has 2 aliphatic rings. The zero-order chi connectivity index (χ0) is 20.8. The van der Waals surface area contributed by atoms with E-state index in [9.17, 15) is 14.4 Å². The first kappa shape index (κ1) is 19.0. The second kappa shape index (κ2) is 6.95. The van der Waals surface area contributed by atoms with E-state index in [1.807, 2.05) is 13.8 Å². The van der Waals surface area contributed by atoms with Gasteiger partial charge in [-0.25, -0.2) is 0 Å². The third kappa shape index (κ3) is 3.57. The highest BCUT2D eigenvalue weighted by atomic mass is 16.6. The first-order valence-electron chi connectivity index (χ1n) is 9.41. The Bertz CT molecular complexity index is 1020. The summed E-state index contributed by atoms with van der Waals surface area (Å²) in [5, 5.41) is 0. The van der Waals surface area contributed by atoms with Crippen LogP contribution in [-0.4, -0.2) is 30.8 Å². The van der Waals surface area contributed by atoms with Gasteiger partial charge in [-0.05, 0) is 30.5 Å². The SMILES string of the molecule is Cc1c(C(=O)NNC(=O)c2ccc3c(c2)OCCO3)oc2c1C(=O)CC(C)(C)C2. The van der Waals surface area contributed by atoms with Crippen LogP contribution in [0.1, 0.15) is 62.9 Å². The maximum atomic E-state index is 12.5. The molecule has 8 nitrogen and oxygen atoms in total. The topological polar surface area (TPSA) is 107 Å². The summed E-state index contributed by atoms with van der Waals surface area (Å²) in [4.78, 5) is 37.4. The molecule has 29 heavy (non-hydrogen) atoms. The standard InChI is InChI=1S/C21H22N2O6/c1-11-17-13(24)9-21(2,3)10-16(17)29-18(11)20(26)23-22-19(25)12-4-5-14-15(8-12)28-7-6-27-14/h4-5,8H,6-7,9-10H2,1-3H3,(H,22,25)(H,23,26). The Kier molecular flexibility index (Phi) is 4.56. The molecule has 0 unspecified atom stereocenters.